The van der Waals surface area contributed by atoms with E-state index in [2.05, 4.69) is 12.1 Å². The maximum atomic E-state index is 9.32. The normalized spacial score (nSPS) is 13.8. The molecule has 0 saturated heterocycles. The van der Waals surface area contributed by atoms with Crippen LogP contribution in [0.25, 0.3) is 16.8 Å². The third-order valence-corrected chi connectivity index (χ3v) is 2.61. The van der Waals surface area contributed by atoms with Crippen molar-refractivity contribution in [3.8, 4) is 5.75 Å². The van der Waals surface area contributed by atoms with E-state index in [-0.39, 0.29) is 0 Å². The molecule has 0 amide bonds. The molecule has 1 aliphatic rings. The van der Waals surface area contributed by atoms with E-state index in [4.69, 9.17) is 4.65 Å². The Labute approximate surface area is 87.9 Å². The van der Waals surface area contributed by atoms with Crippen molar-refractivity contribution in [2.45, 2.75) is 0 Å². The van der Waals surface area contributed by atoms with E-state index >= 15 is 0 Å². The van der Waals surface area contributed by atoms with Gasteiger partial charge in [0, 0.05) is 5.56 Å². The molecule has 15 heavy (non-hydrogen) atoms. The highest BCUT2D eigenvalue weighted by Crippen LogP contribution is 2.31. The summed E-state index contributed by atoms with van der Waals surface area (Å²) < 4.78 is 5.31. The SMILES string of the molecule is OB1C=Cc2c(ccc3ccccc23)O1. The summed E-state index contributed by atoms with van der Waals surface area (Å²) in [6.07, 6.45) is 1.91. The fourth-order valence-electron chi connectivity index (χ4n) is 1.90. The van der Waals surface area contributed by atoms with Crippen LogP contribution in [0.2, 0.25) is 0 Å². The van der Waals surface area contributed by atoms with Crippen LogP contribution in [0.15, 0.2) is 42.4 Å². The Morgan fingerprint density at radius 3 is 2.87 bits per heavy atom. The van der Waals surface area contributed by atoms with Gasteiger partial charge >= 0.3 is 7.12 Å². The van der Waals surface area contributed by atoms with E-state index in [1.54, 1.807) is 5.98 Å². The molecule has 3 heteroatoms. The van der Waals surface area contributed by atoms with E-state index in [1.807, 2.05) is 30.3 Å². The predicted molar refractivity (Wildman–Crippen MR) is 61.6 cm³/mol. The lowest BCUT2D eigenvalue weighted by Crippen LogP contribution is -2.21. The van der Waals surface area contributed by atoms with Gasteiger partial charge in [-0.3, -0.25) is 0 Å². The van der Waals surface area contributed by atoms with Gasteiger partial charge in [0.25, 0.3) is 0 Å². The molecule has 1 N–H and O–H groups in total. The zero-order chi connectivity index (χ0) is 10.3. The Morgan fingerprint density at radius 1 is 1.07 bits per heavy atom. The molecular formula is C12H9BO2. The highest BCUT2D eigenvalue weighted by atomic mass is 16.5. The van der Waals surface area contributed by atoms with Crippen molar-refractivity contribution in [3.05, 3.63) is 47.9 Å². The average Bonchev–Trinajstić information content (AvgIpc) is 2.28. The summed E-state index contributed by atoms with van der Waals surface area (Å²) in [5, 5.41) is 11.7. The first-order chi connectivity index (χ1) is 7.34. The zero-order valence-corrected chi connectivity index (χ0v) is 8.05. The monoisotopic (exact) mass is 196 g/mol. The molecule has 1 heterocycles. The Morgan fingerprint density at radius 2 is 1.93 bits per heavy atom. The highest BCUT2D eigenvalue weighted by Gasteiger charge is 2.18. The average molecular weight is 196 g/mol. The smallest absolute Gasteiger partial charge is 0.532 e. The maximum Gasteiger partial charge on any atom is 0.552 e. The fraction of sp³-hybridized carbons (Fsp3) is 0. The molecule has 0 unspecified atom stereocenters. The molecule has 0 aromatic heterocycles. The van der Waals surface area contributed by atoms with Gasteiger partial charge in [-0.1, -0.05) is 36.4 Å². The summed E-state index contributed by atoms with van der Waals surface area (Å²) >= 11 is 0. The molecule has 0 fully saturated rings. The third-order valence-electron chi connectivity index (χ3n) is 2.61. The van der Waals surface area contributed by atoms with E-state index in [1.165, 1.54) is 5.39 Å². The molecule has 2 nitrogen and oxygen atoms in total. The van der Waals surface area contributed by atoms with Gasteiger partial charge in [0.1, 0.15) is 5.75 Å². The van der Waals surface area contributed by atoms with Crippen LogP contribution < -0.4 is 4.65 Å². The second-order valence-corrected chi connectivity index (χ2v) is 3.57. The summed E-state index contributed by atoms with van der Waals surface area (Å²) in [7, 11) is -0.821. The first kappa shape index (κ1) is 8.56. The van der Waals surface area contributed by atoms with Gasteiger partial charge in [-0.05, 0) is 22.8 Å². The minimum atomic E-state index is -0.821. The van der Waals surface area contributed by atoms with Crippen LogP contribution in [-0.2, 0) is 0 Å². The summed E-state index contributed by atoms with van der Waals surface area (Å²) in [6.45, 7) is 0. The maximum absolute atomic E-state index is 9.32. The fourth-order valence-corrected chi connectivity index (χ4v) is 1.90. The highest BCUT2D eigenvalue weighted by molar-refractivity contribution is 6.51. The molecule has 3 rings (SSSR count). The van der Waals surface area contributed by atoms with E-state index in [0.717, 1.165) is 16.7 Å². The van der Waals surface area contributed by atoms with Gasteiger partial charge in [0.2, 0.25) is 0 Å². The molecule has 0 aliphatic carbocycles. The first-order valence-corrected chi connectivity index (χ1v) is 4.89. The van der Waals surface area contributed by atoms with Gasteiger partial charge in [-0.25, -0.2) is 0 Å². The lowest BCUT2D eigenvalue weighted by molar-refractivity contribution is 0.429. The largest absolute Gasteiger partial charge is 0.552 e. The van der Waals surface area contributed by atoms with Crippen molar-refractivity contribution < 1.29 is 9.68 Å². The van der Waals surface area contributed by atoms with Gasteiger partial charge in [0.05, 0.1) is 0 Å². The number of benzene rings is 2. The Balaban J connectivity index is 2.33. The summed E-state index contributed by atoms with van der Waals surface area (Å²) in [5.41, 5.74) is 1.04. The van der Waals surface area contributed by atoms with Crippen LogP contribution in [0.5, 0.6) is 5.75 Å². The number of hydrogen-bond acceptors (Lipinski definition) is 2. The summed E-state index contributed by atoms with van der Waals surface area (Å²) in [5.74, 6) is 2.39. The minimum Gasteiger partial charge on any atom is -0.532 e. The van der Waals surface area contributed by atoms with E-state index in [0.29, 0.717) is 0 Å². The predicted octanol–water partition coefficient (Wildman–Crippen LogP) is 2.27. The van der Waals surface area contributed by atoms with Crippen molar-refractivity contribution in [2.75, 3.05) is 0 Å². The van der Waals surface area contributed by atoms with Gasteiger partial charge in [-0.2, -0.15) is 0 Å². The Kier molecular flexibility index (Phi) is 1.79. The Bertz CT molecular complexity index is 548. The van der Waals surface area contributed by atoms with Crippen LogP contribution >= 0.6 is 0 Å². The first-order valence-electron chi connectivity index (χ1n) is 4.89. The molecule has 0 spiro atoms. The number of rotatable bonds is 0. The van der Waals surface area contributed by atoms with Crippen molar-refractivity contribution >= 4 is 24.0 Å². The number of fused-ring (bicyclic) bond motifs is 3. The molecule has 0 bridgehead atoms. The molecule has 0 saturated carbocycles. The standard InChI is InChI=1S/C12H9BO2/c14-13-8-7-11-10-4-2-1-3-9(10)5-6-12(11)15-13/h1-8,14H. The van der Waals surface area contributed by atoms with Crippen molar-refractivity contribution in [1.29, 1.82) is 0 Å². The van der Waals surface area contributed by atoms with E-state index in [9.17, 15) is 5.02 Å². The van der Waals surface area contributed by atoms with Crippen LogP contribution in [0.3, 0.4) is 0 Å². The van der Waals surface area contributed by atoms with Crippen LogP contribution in [0, 0.1) is 0 Å². The van der Waals surface area contributed by atoms with Gasteiger partial charge in [-0.15, -0.1) is 0 Å². The van der Waals surface area contributed by atoms with Crippen LogP contribution in [-0.4, -0.2) is 12.1 Å². The second-order valence-electron chi connectivity index (χ2n) is 3.57. The van der Waals surface area contributed by atoms with Crippen LogP contribution in [0.1, 0.15) is 5.56 Å². The van der Waals surface area contributed by atoms with Gasteiger partial charge < -0.3 is 9.68 Å². The molecule has 1 aliphatic heterocycles. The zero-order valence-electron chi connectivity index (χ0n) is 8.05. The van der Waals surface area contributed by atoms with Crippen molar-refractivity contribution in [3.63, 3.8) is 0 Å². The quantitative estimate of drug-likeness (QED) is 0.654. The number of hydrogen-bond donors (Lipinski definition) is 1. The summed E-state index contributed by atoms with van der Waals surface area (Å²) in [6, 6.07) is 12.0. The topological polar surface area (TPSA) is 29.5 Å². The van der Waals surface area contributed by atoms with E-state index < -0.39 is 7.12 Å². The molecule has 72 valence electrons. The Hall–Kier alpha value is -1.74. The lowest BCUT2D eigenvalue weighted by Gasteiger charge is -2.16. The second kappa shape index (κ2) is 3.14. The molecule has 2 aromatic rings. The minimum absolute atomic E-state index is 0.740. The van der Waals surface area contributed by atoms with Crippen molar-refractivity contribution in [2.24, 2.45) is 0 Å². The van der Waals surface area contributed by atoms with Crippen molar-refractivity contribution in [1.82, 2.24) is 0 Å². The van der Waals surface area contributed by atoms with Gasteiger partial charge in [0.15, 0.2) is 0 Å². The molecule has 2 aromatic carbocycles. The molecule has 0 atom stereocenters. The lowest BCUT2D eigenvalue weighted by atomic mass is 9.85. The molecular weight excluding hydrogens is 187 g/mol. The third kappa shape index (κ3) is 1.32. The molecule has 0 radical (unpaired) electrons. The van der Waals surface area contributed by atoms with Crippen LogP contribution in [0.4, 0.5) is 0 Å². The summed E-state index contributed by atoms with van der Waals surface area (Å²) in [4.78, 5) is 0.